The summed E-state index contributed by atoms with van der Waals surface area (Å²) in [4.78, 5) is 51.3. The molecule has 4 saturated carbocycles. The summed E-state index contributed by atoms with van der Waals surface area (Å²) in [5.41, 5.74) is -2.23. The number of hydrogen-bond acceptors (Lipinski definition) is 8. The number of halogens is 1. The molecule has 0 amide bonds. The number of Topliss-reactive ketones (excluding diaryl/α,β-unsaturated/α-hetero) is 1. The van der Waals surface area contributed by atoms with Gasteiger partial charge in [-0.3, -0.25) is 14.4 Å². The second kappa shape index (κ2) is 10.3. The van der Waals surface area contributed by atoms with E-state index < -0.39 is 47.0 Å². The normalized spacial score (nSPS) is 38.9. The SMILES string of the molecule is CCCCOC(=O)O[C@]1(C(=O)COC(=O)C2CC2)CC[C@H]2[C@@H]3CCC4=CC(=O)C=C(Cl)[C@]4(C)[C@H]3C(O)C[C@@]21C. The van der Waals surface area contributed by atoms with E-state index in [0.717, 1.165) is 31.3 Å². The number of carbonyl (C=O) groups excluding carboxylic acids is 4. The average Bonchev–Trinajstić information content (AvgIpc) is 3.68. The van der Waals surface area contributed by atoms with Crippen molar-refractivity contribution in [3.63, 3.8) is 0 Å². The minimum absolute atomic E-state index is 0.0142. The van der Waals surface area contributed by atoms with Crippen molar-refractivity contribution in [3.05, 3.63) is 22.8 Å². The molecule has 1 N–H and O–H groups in total. The fourth-order valence-corrected chi connectivity index (χ4v) is 8.57. The largest absolute Gasteiger partial charge is 0.509 e. The van der Waals surface area contributed by atoms with E-state index in [4.69, 9.17) is 25.8 Å². The highest BCUT2D eigenvalue weighted by atomic mass is 35.5. The highest BCUT2D eigenvalue weighted by Crippen LogP contribution is 2.69. The Morgan fingerprint density at radius 2 is 1.85 bits per heavy atom. The lowest BCUT2D eigenvalue weighted by molar-refractivity contribution is -0.186. The zero-order valence-corrected chi connectivity index (χ0v) is 23.8. The van der Waals surface area contributed by atoms with Crippen LogP contribution in [0.5, 0.6) is 0 Å². The maximum Gasteiger partial charge on any atom is 0.509 e. The van der Waals surface area contributed by atoms with Crippen molar-refractivity contribution >= 4 is 35.3 Å². The van der Waals surface area contributed by atoms with Crippen molar-refractivity contribution in [1.82, 2.24) is 0 Å². The first-order chi connectivity index (χ1) is 18.5. The molecule has 0 aromatic rings. The molecule has 0 aromatic carbocycles. The Balaban J connectivity index is 1.46. The van der Waals surface area contributed by atoms with Gasteiger partial charge in [0.15, 0.2) is 18.0 Å². The van der Waals surface area contributed by atoms with Crippen LogP contribution in [-0.4, -0.2) is 53.7 Å². The Hall–Kier alpha value is -2.19. The summed E-state index contributed by atoms with van der Waals surface area (Å²) in [6.07, 6.45) is 6.77. The van der Waals surface area contributed by atoms with Gasteiger partial charge >= 0.3 is 12.1 Å². The first-order valence-corrected chi connectivity index (χ1v) is 14.7. The molecule has 5 aliphatic rings. The van der Waals surface area contributed by atoms with Crippen LogP contribution in [0.3, 0.4) is 0 Å². The minimum atomic E-state index is -1.59. The molecule has 0 bridgehead atoms. The third-order valence-electron chi connectivity index (χ3n) is 10.4. The maximum absolute atomic E-state index is 13.9. The number of ether oxygens (including phenoxy) is 3. The average molecular weight is 563 g/mol. The lowest BCUT2D eigenvalue weighted by Crippen LogP contribution is -2.63. The summed E-state index contributed by atoms with van der Waals surface area (Å²) in [6, 6.07) is 0. The molecular weight excluding hydrogens is 524 g/mol. The van der Waals surface area contributed by atoms with E-state index in [1.54, 1.807) is 6.08 Å². The number of aliphatic hydroxyl groups is 1. The van der Waals surface area contributed by atoms with E-state index in [-0.39, 0.29) is 48.9 Å². The van der Waals surface area contributed by atoms with Gasteiger partial charge in [-0.15, -0.1) is 0 Å². The van der Waals surface area contributed by atoms with Crippen molar-refractivity contribution < 1.29 is 38.5 Å². The maximum atomic E-state index is 13.9. The molecule has 0 aliphatic heterocycles. The van der Waals surface area contributed by atoms with E-state index in [9.17, 15) is 24.3 Å². The predicted octanol–water partition coefficient (Wildman–Crippen LogP) is 5.05. The Morgan fingerprint density at radius 1 is 1.10 bits per heavy atom. The standard InChI is InChI=1S/C30H39ClO8/c1-4-5-12-37-27(36)39-30(24(34)16-38-26(35)17-6-7-17)11-10-21-20-9-8-18-13-19(32)14-23(31)29(18,3)25(20)22(33)15-28(21,30)2/h13-14,17,20-22,25,33H,4-12,15-16H2,1-3H3/t20-,21-,22?,25+,28-,29+,30-/m0/s1. The molecule has 0 saturated heterocycles. The number of unbranched alkanes of at least 4 members (excludes halogenated alkanes) is 1. The minimum Gasteiger partial charge on any atom is -0.457 e. The molecule has 9 heteroatoms. The van der Waals surface area contributed by atoms with E-state index in [2.05, 4.69) is 0 Å². The molecule has 5 aliphatic carbocycles. The number of hydrogen-bond donors (Lipinski definition) is 1. The van der Waals surface area contributed by atoms with Crippen LogP contribution in [0.2, 0.25) is 0 Å². The van der Waals surface area contributed by atoms with Crippen LogP contribution < -0.4 is 0 Å². The first kappa shape index (κ1) is 28.3. The molecule has 0 spiro atoms. The van der Waals surface area contributed by atoms with Crippen LogP contribution in [0, 0.1) is 34.5 Å². The molecule has 39 heavy (non-hydrogen) atoms. The Morgan fingerprint density at radius 3 is 2.54 bits per heavy atom. The van der Waals surface area contributed by atoms with Crippen LogP contribution in [0.1, 0.15) is 78.6 Å². The van der Waals surface area contributed by atoms with Crippen LogP contribution in [-0.2, 0) is 28.6 Å². The van der Waals surface area contributed by atoms with Crippen molar-refractivity contribution in [2.75, 3.05) is 13.2 Å². The Labute approximate surface area is 234 Å². The van der Waals surface area contributed by atoms with Crippen molar-refractivity contribution in [3.8, 4) is 0 Å². The third kappa shape index (κ3) is 4.55. The van der Waals surface area contributed by atoms with E-state index >= 15 is 0 Å². The fourth-order valence-electron chi connectivity index (χ4n) is 8.22. The Kier molecular flexibility index (Phi) is 7.51. The number of fused-ring (bicyclic) bond motifs is 5. The van der Waals surface area contributed by atoms with E-state index in [1.165, 1.54) is 6.08 Å². The van der Waals surface area contributed by atoms with Gasteiger partial charge in [0, 0.05) is 27.9 Å². The van der Waals surface area contributed by atoms with Crippen LogP contribution >= 0.6 is 11.6 Å². The second-order valence-corrected chi connectivity index (χ2v) is 12.9. The van der Waals surface area contributed by atoms with Crippen molar-refractivity contribution in [2.24, 2.45) is 34.5 Å². The van der Waals surface area contributed by atoms with Gasteiger partial charge in [0.1, 0.15) is 0 Å². The van der Waals surface area contributed by atoms with E-state index in [0.29, 0.717) is 24.3 Å². The lowest BCUT2D eigenvalue weighted by atomic mass is 9.46. The van der Waals surface area contributed by atoms with Gasteiger partial charge in [-0.2, -0.15) is 0 Å². The summed E-state index contributed by atoms with van der Waals surface area (Å²) in [5, 5.41) is 12.2. The van der Waals surface area contributed by atoms with Crippen LogP contribution in [0.15, 0.2) is 22.8 Å². The predicted molar refractivity (Wildman–Crippen MR) is 142 cm³/mol. The monoisotopic (exact) mass is 562 g/mol. The molecule has 0 aromatic heterocycles. The zero-order valence-electron chi connectivity index (χ0n) is 23.0. The molecule has 0 heterocycles. The molecule has 0 radical (unpaired) electrons. The van der Waals surface area contributed by atoms with Gasteiger partial charge in [-0.25, -0.2) is 4.79 Å². The zero-order chi connectivity index (χ0) is 28.2. The second-order valence-electron chi connectivity index (χ2n) is 12.5. The van der Waals surface area contributed by atoms with Crippen LogP contribution in [0.4, 0.5) is 4.79 Å². The van der Waals surface area contributed by atoms with Gasteiger partial charge in [0.05, 0.1) is 18.6 Å². The van der Waals surface area contributed by atoms with Crippen LogP contribution in [0.25, 0.3) is 0 Å². The van der Waals surface area contributed by atoms with Gasteiger partial charge in [-0.05, 0) is 69.3 Å². The molecule has 7 atom stereocenters. The fraction of sp³-hybridized carbons (Fsp3) is 0.733. The molecule has 214 valence electrons. The highest BCUT2D eigenvalue weighted by Gasteiger charge is 2.71. The molecule has 5 rings (SSSR count). The first-order valence-electron chi connectivity index (χ1n) is 14.3. The number of allylic oxidation sites excluding steroid dienone is 4. The summed E-state index contributed by atoms with van der Waals surface area (Å²) in [5.74, 6) is -1.49. The summed E-state index contributed by atoms with van der Waals surface area (Å²) < 4.78 is 16.7. The van der Waals surface area contributed by atoms with Gasteiger partial charge in [0.25, 0.3) is 0 Å². The summed E-state index contributed by atoms with van der Waals surface area (Å²) >= 11 is 6.73. The highest BCUT2D eigenvalue weighted by molar-refractivity contribution is 6.33. The quantitative estimate of drug-likeness (QED) is 0.323. The van der Waals surface area contributed by atoms with Gasteiger partial charge in [-0.1, -0.05) is 44.4 Å². The lowest BCUT2D eigenvalue weighted by Gasteiger charge is -2.60. The summed E-state index contributed by atoms with van der Waals surface area (Å²) in [6.45, 7) is 5.59. The number of esters is 1. The molecule has 4 fully saturated rings. The topological polar surface area (TPSA) is 116 Å². The Bertz CT molecular complexity index is 1120. The summed E-state index contributed by atoms with van der Waals surface area (Å²) in [7, 11) is 0. The molecular formula is C30H39ClO8. The third-order valence-corrected chi connectivity index (χ3v) is 10.9. The van der Waals surface area contributed by atoms with Gasteiger partial charge < -0.3 is 19.3 Å². The number of aliphatic hydroxyl groups excluding tert-OH is 1. The van der Waals surface area contributed by atoms with Crippen molar-refractivity contribution in [1.29, 1.82) is 0 Å². The van der Waals surface area contributed by atoms with Gasteiger partial charge in [0.2, 0.25) is 5.78 Å². The van der Waals surface area contributed by atoms with E-state index in [1.807, 2.05) is 20.8 Å². The molecule has 8 nitrogen and oxygen atoms in total. The number of rotatable bonds is 8. The number of carbonyl (C=O) groups is 4. The van der Waals surface area contributed by atoms with Crippen molar-refractivity contribution in [2.45, 2.75) is 90.3 Å². The number of ketones is 2. The molecule has 1 unspecified atom stereocenters. The smallest absolute Gasteiger partial charge is 0.457 e.